The third-order valence-electron chi connectivity index (χ3n) is 3.67. The number of benzene rings is 2. The monoisotopic (exact) mass is 387 g/mol. The molecule has 1 heterocycles. The fraction of sp³-hybridized carbons (Fsp3) is 0.105. The molecule has 0 fully saturated rings. The van der Waals surface area contributed by atoms with Crippen LogP contribution in [0.2, 0.25) is 0 Å². The van der Waals surface area contributed by atoms with Gasteiger partial charge in [-0.3, -0.25) is 9.59 Å². The molecule has 0 saturated carbocycles. The molecule has 0 saturated heterocycles. The third kappa shape index (κ3) is 4.95. The summed E-state index contributed by atoms with van der Waals surface area (Å²) in [5.41, 5.74) is 0.462. The van der Waals surface area contributed by atoms with E-state index in [4.69, 9.17) is 0 Å². The van der Waals surface area contributed by atoms with Crippen molar-refractivity contribution in [1.29, 1.82) is 0 Å². The molecule has 2 amide bonds. The summed E-state index contributed by atoms with van der Waals surface area (Å²) >= 11 is 1.06. The first-order chi connectivity index (χ1) is 13.0. The number of carbonyl (C=O) groups is 2. The molecule has 5 nitrogen and oxygen atoms in total. The fourth-order valence-electron chi connectivity index (χ4n) is 2.31. The van der Waals surface area contributed by atoms with E-state index >= 15 is 0 Å². The zero-order valence-corrected chi connectivity index (χ0v) is 14.9. The number of nitrogens with one attached hydrogen (secondary N) is 2. The highest BCUT2D eigenvalue weighted by Crippen LogP contribution is 2.21. The SMILES string of the molecule is O=C(CCc1ccccc1)Nc1nc(C(=O)Nc2c(F)cccc2F)cs1. The molecule has 138 valence electrons. The molecule has 0 aliphatic heterocycles. The van der Waals surface area contributed by atoms with Gasteiger partial charge in [0.25, 0.3) is 5.91 Å². The van der Waals surface area contributed by atoms with Crippen molar-refractivity contribution in [3.63, 3.8) is 0 Å². The number of thiazole rings is 1. The minimum atomic E-state index is -0.881. The van der Waals surface area contributed by atoms with Crippen LogP contribution in [0.4, 0.5) is 19.6 Å². The summed E-state index contributed by atoms with van der Waals surface area (Å²) in [6.45, 7) is 0. The highest BCUT2D eigenvalue weighted by Gasteiger charge is 2.16. The number of carbonyl (C=O) groups excluding carboxylic acids is 2. The van der Waals surface area contributed by atoms with Crippen LogP contribution in [0.1, 0.15) is 22.5 Å². The Labute approximate surface area is 158 Å². The van der Waals surface area contributed by atoms with Gasteiger partial charge in [-0.05, 0) is 24.1 Å². The lowest BCUT2D eigenvalue weighted by atomic mass is 10.1. The lowest BCUT2D eigenvalue weighted by Crippen LogP contribution is -2.16. The average molecular weight is 387 g/mol. The standard InChI is InChI=1S/C19H15F2N3O2S/c20-13-7-4-8-14(21)17(13)24-18(26)15-11-27-19(22-15)23-16(25)10-9-12-5-2-1-3-6-12/h1-8,11H,9-10H2,(H,24,26)(H,22,23,25). The van der Waals surface area contributed by atoms with E-state index in [9.17, 15) is 18.4 Å². The first kappa shape index (κ1) is 18.7. The Morgan fingerprint density at radius 1 is 0.963 bits per heavy atom. The molecule has 2 aromatic carbocycles. The van der Waals surface area contributed by atoms with Gasteiger partial charge in [0, 0.05) is 11.8 Å². The highest BCUT2D eigenvalue weighted by atomic mass is 32.1. The van der Waals surface area contributed by atoms with Crippen LogP contribution in [-0.4, -0.2) is 16.8 Å². The number of nitrogens with zero attached hydrogens (tertiary/aromatic N) is 1. The molecular formula is C19H15F2N3O2S. The second kappa shape index (κ2) is 8.50. The Hall–Kier alpha value is -3.13. The molecule has 3 aromatic rings. The lowest BCUT2D eigenvalue weighted by molar-refractivity contribution is -0.116. The van der Waals surface area contributed by atoms with Gasteiger partial charge in [-0.15, -0.1) is 11.3 Å². The number of rotatable bonds is 6. The van der Waals surface area contributed by atoms with Crippen LogP contribution in [0.3, 0.4) is 0 Å². The smallest absolute Gasteiger partial charge is 0.275 e. The van der Waals surface area contributed by atoms with Gasteiger partial charge in [0.1, 0.15) is 23.0 Å². The minimum absolute atomic E-state index is 0.0407. The fourth-order valence-corrected chi connectivity index (χ4v) is 3.02. The van der Waals surface area contributed by atoms with Crippen LogP contribution >= 0.6 is 11.3 Å². The highest BCUT2D eigenvalue weighted by molar-refractivity contribution is 7.14. The third-order valence-corrected chi connectivity index (χ3v) is 4.43. The van der Waals surface area contributed by atoms with E-state index in [0.29, 0.717) is 6.42 Å². The van der Waals surface area contributed by atoms with Crippen molar-refractivity contribution in [2.75, 3.05) is 10.6 Å². The van der Waals surface area contributed by atoms with Gasteiger partial charge in [0.15, 0.2) is 5.13 Å². The summed E-state index contributed by atoms with van der Waals surface area (Å²) in [5, 5.41) is 6.41. The molecule has 0 bridgehead atoms. The molecule has 2 N–H and O–H groups in total. The van der Waals surface area contributed by atoms with Crippen molar-refractivity contribution in [3.8, 4) is 0 Å². The first-order valence-corrected chi connectivity index (χ1v) is 8.95. The van der Waals surface area contributed by atoms with Crippen molar-refractivity contribution < 1.29 is 18.4 Å². The van der Waals surface area contributed by atoms with Crippen LogP contribution in [0, 0.1) is 11.6 Å². The number of hydrogen-bond acceptors (Lipinski definition) is 4. The molecule has 0 aliphatic carbocycles. The second-order valence-corrected chi connectivity index (χ2v) is 6.48. The van der Waals surface area contributed by atoms with Crippen LogP contribution < -0.4 is 10.6 Å². The van der Waals surface area contributed by atoms with Crippen LogP contribution in [0.15, 0.2) is 53.9 Å². The molecule has 0 spiro atoms. The number of aryl methyl sites for hydroxylation is 1. The first-order valence-electron chi connectivity index (χ1n) is 8.07. The summed E-state index contributed by atoms with van der Waals surface area (Å²) in [6, 6.07) is 12.8. The maximum absolute atomic E-state index is 13.6. The van der Waals surface area contributed by atoms with E-state index in [1.165, 1.54) is 11.4 Å². The number of hydrogen-bond donors (Lipinski definition) is 2. The zero-order chi connectivity index (χ0) is 19.2. The lowest BCUT2D eigenvalue weighted by Gasteiger charge is -2.05. The van der Waals surface area contributed by atoms with Gasteiger partial charge in [0.05, 0.1) is 0 Å². The quantitative estimate of drug-likeness (QED) is 0.664. The van der Waals surface area contributed by atoms with Gasteiger partial charge in [0.2, 0.25) is 5.91 Å². The Morgan fingerprint density at radius 3 is 2.37 bits per heavy atom. The van der Waals surface area contributed by atoms with Crippen LogP contribution in [0.5, 0.6) is 0 Å². The Kier molecular flexibility index (Phi) is 5.87. The Balaban J connectivity index is 1.57. The Bertz CT molecular complexity index is 940. The van der Waals surface area contributed by atoms with Crippen molar-refractivity contribution in [3.05, 3.63) is 76.8 Å². The van der Waals surface area contributed by atoms with Gasteiger partial charge in [-0.2, -0.15) is 0 Å². The molecule has 0 aliphatic rings. The number of anilines is 2. The van der Waals surface area contributed by atoms with Gasteiger partial charge in [-0.25, -0.2) is 13.8 Å². The van der Waals surface area contributed by atoms with Crippen molar-refractivity contribution in [2.24, 2.45) is 0 Å². The predicted octanol–water partition coefficient (Wildman–Crippen LogP) is 4.24. The molecule has 27 heavy (non-hydrogen) atoms. The molecule has 0 atom stereocenters. The van der Waals surface area contributed by atoms with Crippen LogP contribution in [0.25, 0.3) is 0 Å². The van der Waals surface area contributed by atoms with E-state index in [-0.39, 0.29) is 23.2 Å². The second-order valence-electron chi connectivity index (χ2n) is 5.62. The average Bonchev–Trinajstić information content (AvgIpc) is 3.12. The number of aromatic nitrogens is 1. The molecule has 1 aromatic heterocycles. The maximum atomic E-state index is 13.6. The predicted molar refractivity (Wildman–Crippen MR) is 99.8 cm³/mol. The minimum Gasteiger partial charge on any atom is -0.316 e. The summed E-state index contributed by atoms with van der Waals surface area (Å²) in [6.07, 6.45) is 0.851. The maximum Gasteiger partial charge on any atom is 0.275 e. The van der Waals surface area contributed by atoms with E-state index in [2.05, 4.69) is 15.6 Å². The van der Waals surface area contributed by atoms with E-state index in [1.54, 1.807) is 0 Å². The number of halogens is 2. The largest absolute Gasteiger partial charge is 0.316 e. The molecular weight excluding hydrogens is 372 g/mol. The molecule has 3 rings (SSSR count). The topological polar surface area (TPSA) is 71.1 Å². The van der Waals surface area contributed by atoms with E-state index in [0.717, 1.165) is 29.0 Å². The molecule has 0 radical (unpaired) electrons. The van der Waals surface area contributed by atoms with Crippen LogP contribution in [-0.2, 0) is 11.2 Å². The molecule has 8 heteroatoms. The van der Waals surface area contributed by atoms with Gasteiger partial charge >= 0.3 is 0 Å². The normalized spacial score (nSPS) is 10.4. The van der Waals surface area contributed by atoms with Gasteiger partial charge < -0.3 is 10.6 Å². The van der Waals surface area contributed by atoms with Crippen molar-refractivity contribution in [2.45, 2.75) is 12.8 Å². The summed E-state index contributed by atoms with van der Waals surface area (Å²) in [4.78, 5) is 28.1. The van der Waals surface area contributed by atoms with Crippen molar-refractivity contribution >= 4 is 34.0 Å². The summed E-state index contributed by atoms with van der Waals surface area (Å²) in [7, 11) is 0. The summed E-state index contributed by atoms with van der Waals surface area (Å²) < 4.78 is 27.2. The van der Waals surface area contributed by atoms with Gasteiger partial charge in [-0.1, -0.05) is 36.4 Å². The zero-order valence-electron chi connectivity index (χ0n) is 14.0. The summed E-state index contributed by atoms with van der Waals surface area (Å²) in [5.74, 6) is -2.76. The van der Waals surface area contributed by atoms with Crippen molar-refractivity contribution in [1.82, 2.24) is 4.98 Å². The number of para-hydroxylation sites is 1. The number of amides is 2. The van der Waals surface area contributed by atoms with E-state index < -0.39 is 23.2 Å². The Morgan fingerprint density at radius 2 is 1.67 bits per heavy atom. The molecule has 0 unspecified atom stereocenters. The van der Waals surface area contributed by atoms with E-state index in [1.807, 2.05) is 30.3 Å².